The van der Waals surface area contributed by atoms with E-state index in [1.54, 1.807) is 34.6 Å². The third kappa shape index (κ3) is 11.7. The number of halogens is 1. The number of rotatable bonds is 18. The number of aromatic nitrogens is 2. The third-order valence-corrected chi connectivity index (χ3v) is 9.00. The summed E-state index contributed by atoms with van der Waals surface area (Å²) in [6.45, 7) is 6.56. The summed E-state index contributed by atoms with van der Waals surface area (Å²) in [4.78, 5) is 75.2. The van der Waals surface area contributed by atoms with Crippen LogP contribution in [0, 0.1) is 5.92 Å². The van der Waals surface area contributed by atoms with Crippen LogP contribution in [0.2, 0.25) is 0 Å². The summed E-state index contributed by atoms with van der Waals surface area (Å²) in [6.07, 6.45) is -5.22. The lowest BCUT2D eigenvalue weighted by Crippen LogP contribution is -2.52. The van der Waals surface area contributed by atoms with E-state index in [1.165, 1.54) is 20.8 Å². The maximum absolute atomic E-state index is 15.2. The highest BCUT2D eigenvalue weighted by molar-refractivity contribution is 7.48. The van der Waals surface area contributed by atoms with Crippen molar-refractivity contribution in [1.82, 2.24) is 14.5 Å². The second kappa shape index (κ2) is 19.2. The second-order valence-corrected chi connectivity index (χ2v) is 14.9. The smallest absolute Gasteiger partial charge is 0.444 e. The minimum absolute atomic E-state index is 0.0612. The molecular formula is C31H47FN3O19P. The summed E-state index contributed by atoms with van der Waals surface area (Å²) >= 11 is 0. The molecule has 3 rings (SSSR count). The molecule has 24 heteroatoms. The molecular weight excluding hydrogens is 768 g/mol. The standard InChI is InChI=1S/C31H47FN3O19P/c1-9-43-27(40)47-17-51-55(42,52-18-48-28(41)44-10-2)50-14-31(13-32)23-30(8,49-16-46-23)24(53-31)34-12-11-20(36)35(26(34)39)15-45-22(37)21(19(3)4)33-25(38)54-29(5,6)7/h11-12,19,21,23-24H,9-10,13-18H2,1-8H3,(H,33,38)/t21?,23-,24+,30+,31+/m0/s1. The maximum Gasteiger partial charge on any atom is 0.510 e. The highest BCUT2D eigenvalue weighted by Crippen LogP contribution is 2.55. The van der Waals surface area contributed by atoms with Gasteiger partial charge in [0.25, 0.3) is 5.56 Å². The minimum atomic E-state index is -4.91. The lowest BCUT2D eigenvalue weighted by atomic mass is 9.88. The van der Waals surface area contributed by atoms with E-state index in [2.05, 4.69) is 24.3 Å². The number of esters is 1. The maximum atomic E-state index is 15.2. The van der Waals surface area contributed by atoms with Crippen LogP contribution in [-0.4, -0.2) is 109 Å². The van der Waals surface area contributed by atoms with Gasteiger partial charge < -0.3 is 47.9 Å². The van der Waals surface area contributed by atoms with Gasteiger partial charge in [-0.2, -0.15) is 0 Å². The summed E-state index contributed by atoms with van der Waals surface area (Å²) < 4.78 is 91.9. The van der Waals surface area contributed by atoms with Gasteiger partial charge in [0.05, 0.1) is 19.8 Å². The van der Waals surface area contributed by atoms with Gasteiger partial charge in [0.15, 0.2) is 18.6 Å². The number of fused-ring (bicyclic) bond motifs is 1. The highest BCUT2D eigenvalue weighted by atomic mass is 31.2. The summed E-state index contributed by atoms with van der Waals surface area (Å²) in [5.74, 6) is -1.48. The van der Waals surface area contributed by atoms with Crippen LogP contribution in [0.4, 0.5) is 18.8 Å². The van der Waals surface area contributed by atoms with Crippen molar-refractivity contribution in [1.29, 1.82) is 0 Å². The van der Waals surface area contributed by atoms with Crippen molar-refractivity contribution >= 4 is 32.2 Å². The molecule has 22 nitrogen and oxygen atoms in total. The number of phosphoric acid groups is 1. The Bertz CT molecular complexity index is 1650. The molecule has 1 amide bonds. The largest absolute Gasteiger partial charge is 0.510 e. The average molecular weight is 816 g/mol. The molecule has 2 fully saturated rings. The Morgan fingerprint density at radius 3 is 2.13 bits per heavy atom. The second-order valence-electron chi connectivity index (χ2n) is 13.3. The molecule has 312 valence electrons. The molecule has 0 bridgehead atoms. The zero-order chi connectivity index (χ0) is 41.2. The van der Waals surface area contributed by atoms with Crippen molar-refractivity contribution in [2.75, 3.05) is 46.9 Å². The summed E-state index contributed by atoms with van der Waals surface area (Å²) in [5.41, 5.74) is -6.75. The van der Waals surface area contributed by atoms with Gasteiger partial charge in [0, 0.05) is 12.3 Å². The monoisotopic (exact) mass is 815 g/mol. The fourth-order valence-corrected chi connectivity index (χ4v) is 6.17. The number of hydrogen-bond acceptors (Lipinski definition) is 19. The lowest BCUT2D eigenvalue weighted by molar-refractivity contribution is -0.180. The summed E-state index contributed by atoms with van der Waals surface area (Å²) in [5, 5.41) is 2.41. The van der Waals surface area contributed by atoms with Gasteiger partial charge in [-0.25, -0.2) is 46.5 Å². The molecule has 1 unspecified atom stereocenters. The number of hydrogen-bond donors (Lipinski definition) is 1. The van der Waals surface area contributed by atoms with Crippen LogP contribution in [0.25, 0.3) is 0 Å². The Morgan fingerprint density at radius 1 is 1.00 bits per heavy atom. The van der Waals surface area contributed by atoms with Crippen molar-refractivity contribution < 1.29 is 84.3 Å². The van der Waals surface area contributed by atoms with Crippen LogP contribution in [0.15, 0.2) is 21.9 Å². The van der Waals surface area contributed by atoms with E-state index < -0.39 is 125 Å². The van der Waals surface area contributed by atoms with Crippen molar-refractivity contribution in [2.24, 2.45) is 5.92 Å². The Hall–Kier alpha value is -4.12. The molecule has 0 aliphatic carbocycles. The highest BCUT2D eigenvalue weighted by Gasteiger charge is 2.68. The number of alkyl carbamates (subject to hydrolysis) is 1. The quantitative estimate of drug-likeness (QED) is 0.0967. The molecule has 2 aliphatic heterocycles. The van der Waals surface area contributed by atoms with Crippen molar-refractivity contribution in [3.05, 3.63) is 33.1 Å². The molecule has 3 heterocycles. The number of amides is 1. The van der Waals surface area contributed by atoms with Gasteiger partial charge in [0.1, 0.15) is 36.8 Å². The molecule has 5 atom stereocenters. The van der Waals surface area contributed by atoms with Crippen molar-refractivity contribution in [3.63, 3.8) is 0 Å². The van der Waals surface area contributed by atoms with Gasteiger partial charge in [-0.1, -0.05) is 13.8 Å². The SMILES string of the molecule is CCOC(=O)OCOP(=O)(OCOC(=O)OCC)OC[C@@]1(CF)O[C@@H](n2ccc(=O)n(COC(=O)C(NC(=O)OC(C)(C)C)C(C)C)c2=O)[C@]2(C)OCO[C@H]12. The number of nitrogens with one attached hydrogen (secondary N) is 1. The lowest BCUT2D eigenvalue weighted by Gasteiger charge is -2.31. The average Bonchev–Trinajstić information content (AvgIpc) is 3.60. The first-order valence-electron chi connectivity index (χ1n) is 16.8. The van der Waals surface area contributed by atoms with E-state index in [4.69, 9.17) is 37.3 Å². The number of alkyl halides is 1. The number of carbonyl (C=O) groups is 4. The molecule has 1 aromatic heterocycles. The van der Waals surface area contributed by atoms with Gasteiger partial charge in [0.2, 0.25) is 13.6 Å². The fourth-order valence-electron chi connectivity index (χ4n) is 5.21. The molecule has 2 saturated heterocycles. The number of carbonyl (C=O) groups excluding carboxylic acids is 4. The van der Waals surface area contributed by atoms with E-state index in [0.717, 1.165) is 16.8 Å². The minimum Gasteiger partial charge on any atom is -0.444 e. The Morgan fingerprint density at radius 2 is 1.60 bits per heavy atom. The number of ether oxygens (including phenoxy) is 9. The molecule has 2 aliphatic rings. The molecule has 0 saturated carbocycles. The topological polar surface area (TPSA) is 252 Å². The van der Waals surface area contributed by atoms with Gasteiger partial charge in [-0.3, -0.25) is 13.9 Å². The van der Waals surface area contributed by atoms with E-state index in [0.29, 0.717) is 4.57 Å². The summed E-state index contributed by atoms with van der Waals surface area (Å²) in [7, 11) is -4.91. The molecule has 1 N–H and O–H groups in total. The normalized spacial score (nSPS) is 22.7. The van der Waals surface area contributed by atoms with Crippen LogP contribution in [0.1, 0.15) is 61.6 Å². The Balaban J connectivity index is 1.86. The predicted molar refractivity (Wildman–Crippen MR) is 179 cm³/mol. The number of phosphoric ester groups is 1. The zero-order valence-electron chi connectivity index (χ0n) is 31.6. The first-order valence-corrected chi connectivity index (χ1v) is 18.3. The fraction of sp³-hybridized carbons (Fsp3) is 0.742. The Labute approximate surface area is 314 Å². The number of nitrogens with zero attached hydrogens (tertiary/aromatic N) is 2. The third-order valence-electron chi connectivity index (χ3n) is 7.71. The predicted octanol–water partition coefficient (Wildman–Crippen LogP) is 2.85. The van der Waals surface area contributed by atoms with E-state index in [9.17, 15) is 33.3 Å². The van der Waals surface area contributed by atoms with Crippen LogP contribution >= 0.6 is 7.82 Å². The van der Waals surface area contributed by atoms with E-state index in [1.807, 2.05) is 0 Å². The van der Waals surface area contributed by atoms with Crippen LogP contribution in [0.3, 0.4) is 0 Å². The molecule has 1 aromatic rings. The molecule has 0 spiro atoms. The van der Waals surface area contributed by atoms with Crippen molar-refractivity contribution in [2.45, 2.75) is 97.3 Å². The molecule has 0 radical (unpaired) electrons. The van der Waals surface area contributed by atoms with Crippen molar-refractivity contribution in [3.8, 4) is 0 Å². The van der Waals surface area contributed by atoms with Gasteiger partial charge >= 0.3 is 37.9 Å². The molecule has 55 heavy (non-hydrogen) atoms. The first-order chi connectivity index (χ1) is 25.7. The Kier molecular flexibility index (Phi) is 15.8. The van der Waals surface area contributed by atoms with Gasteiger partial charge in [-0.05, 0) is 47.5 Å². The summed E-state index contributed by atoms with van der Waals surface area (Å²) in [6, 6.07) is -0.276. The van der Waals surface area contributed by atoms with Crippen LogP contribution in [-0.2, 0) is 72.3 Å². The zero-order valence-corrected chi connectivity index (χ0v) is 32.5. The molecule has 0 aromatic carbocycles. The van der Waals surface area contributed by atoms with E-state index >= 15 is 4.39 Å². The first kappa shape index (κ1) is 45.3. The van der Waals surface area contributed by atoms with Crippen LogP contribution < -0.4 is 16.6 Å². The van der Waals surface area contributed by atoms with Crippen LogP contribution in [0.5, 0.6) is 0 Å². The van der Waals surface area contributed by atoms with Gasteiger partial charge in [-0.15, -0.1) is 0 Å². The van der Waals surface area contributed by atoms with E-state index in [-0.39, 0.29) is 13.2 Å².